The van der Waals surface area contributed by atoms with Gasteiger partial charge in [0.05, 0.1) is 12.2 Å². The minimum atomic E-state index is -1.13. The van der Waals surface area contributed by atoms with Crippen molar-refractivity contribution in [2.75, 3.05) is 11.6 Å². The lowest BCUT2D eigenvalue weighted by Gasteiger charge is -2.29. The average Bonchev–Trinajstić information content (AvgIpc) is 3.09. The molecule has 1 heterocycles. The van der Waals surface area contributed by atoms with Crippen LogP contribution in [0, 0.1) is 0 Å². The molecule has 88 valence electrons. The Balaban J connectivity index is 1.81. The second-order valence-electron chi connectivity index (χ2n) is 4.54. The number of para-hydroxylation sites is 1. The Kier molecular flexibility index (Phi) is 2.19. The number of carbonyl (C=O) groups excluding carboxylic acids is 1. The van der Waals surface area contributed by atoms with Gasteiger partial charge in [0.15, 0.2) is 0 Å². The van der Waals surface area contributed by atoms with Crippen LogP contribution in [-0.4, -0.2) is 23.2 Å². The summed E-state index contributed by atoms with van der Waals surface area (Å²) in [6.45, 7) is 0.624. The number of hydrazine groups is 1. The van der Waals surface area contributed by atoms with Crippen LogP contribution >= 0.6 is 0 Å². The zero-order valence-electron chi connectivity index (χ0n) is 9.39. The maximum Gasteiger partial charge on any atom is 0.270 e. The highest BCUT2D eigenvalue weighted by Crippen LogP contribution is 2.35. The van der Waals surface area contributed by atoms with Gasteiger partial charge in [-0.05, 0) is 24.5 Å². The van der Waals surface area contributed by atoms with E-state index in [0.717, 1.165) is 11.3 Å². The van der Waals surface area contributed by atoms with Gasteiger partial charge in [0.1, 0.15) is 5.60 Å². The number of anilines is 1. The second kappa shape index (κ2) is 3.60. The maximum atomic E-state index is 11.8. The van der Waals surface area contributed by atoms with E-state index in [2.05, 4.69) is 5.43 Å². The Morgan fingerprint density at radius 1 is 1.35 bits per heavy atom. The zero-order chi connectivity index (χ0) is 11.9. The molecule has 1 saturated carbocycles. The predicted octanol–water partition coefficient (Wildman–Crippen LogP) is 1.08. The Labute approximate surface area is 99.5 Å². The molecule has 2 N–H and O–H groups in total. The van der Waals surface area contributed by atoms with Gasteiger partial charge in [-0.15, -0.1) is 0 Å². The summed E-state index contributed by atoms with van der Waals surface area (Å²) in [6, 6.07) is 7.85. The van der Waals surface area contributed by atoms with Crippen molar-refractivity contribution < 1.29 is 9.90 Å². The summed E-state index contributed by atoms with van der Waals surface area (Å²) in [5.41, 5.74) is 3.68. The maximum absolute atomic E-state index is 11.8. The van der Waals surface area contributed by atoms with E-state index in [1.165, 1.54) is 0 Å². The third-order valence-electron chi connectivity index (χ3n) is 3.20. The summed E-state index contributed by atoms with van der Waals surface area (Å²) in [4.78, 5) is 11.8. The monoisotopic (exact) mass is 230 g/mol. The first kappa shape index (κ1) is 10.4. The first-order chi connectivity index (χ1) is 8.19. The van der Waals surface area contributed by atoms with Crippen molar-refractivity contribution >= 4 is 17.7 Å². The van der Waals surface area contributed by atoms with Gasteiger partial charge in [0.2, 0.25) is 0 Å². The van der Waals surface area contributed by atoms with Gasteiger partial charge in [-0.1, -0.05) is 30.4 Å². The SMILES string of the molecule is O=C(NN1CC=Cc2ccccc21)C1(O)CC1. The Hall–Kier alpha value is -1.81. The molecule has 0 saturated heterocycles. The molecule has 3 rings (SSSR count). The van der Waals surface area contributed by atoms with Crippen molar-refractivity contribution in [3.05, 3.63) is 35.9 Å². The number of nitrogens with zero attached hydrogens (tertiary/aromatic N) is 1. The normalized spacial score (nSPS) is 19.7. The fourth-order valence-electron chi connectivity index (χ4n) is 1.94. The van der Waals surface area contributed by atoms with Crippen molar-refractivity contribution in [2.45, 2.75) is 18.4 Å². The van der Waals surface area contributed by atoms with Crippen molar-refractivity contribution in [3.8, 4) is 0 Å². The smallest absolute Gasteiger partial charge is 0.270 e. The van der Waals surface area contributed by atoms with Crippen LogP contribution in [0.3, 0.4) is 0 Å². The van der Waals surface area contributed by atoms with E-state index < -0.39 is 5.60 Å². The summed E-state index contributed by atoms with van der Waals surface area (Å²) in [5.74, 6) is -0.303. The van der Waals surface area contributed by atoms with Crippen molar-refractivity contribution in [3.63, 3.8) is 0 Å². The molecule has 0 radical (unpaired) electrons. The molecule has 0 atom stereocenters. The largest absolute Gasteiger partial charge is 0.380 e. The lowest BCUT2D eigenvalue weighted by Crippen LogP contribution is -2.49. The number of amides is 1. The van der Waals surface area contributed by atoms with Crippen molar-refractivity contribution in [2.24, 2.45) is 0 Å². The van der Waals surface area contributed by atoms with Crippen molar-refractivity contribution in [1.82, 2.24) is 5.43 Å². The first-order valence-electron chi connectivity index (χ1n) is 5.76. The molecule has 1 aromatic carbocycles. The average molecular weight is 230 g/mol. The molecule has 4 nitrogen and oxygen atoms in total. The van der Waals surface area contributed by atoms with Gasteiger partial charge >= 0.3 is 0 Å². The van der Waals surface area contributed by atoms with Gasteiger partial charge in [-0.3, -0.25) is 15.2 Å². The summed E-state index contributed by atoms with van der Waals surface area (Å²) in [7, 11) is 0. The molecular formula is C13H14N2O2. The zero-order valence-corrected chi connectivity index (χ0v) is 9.39. The third kappa shape index (κ3) is 1.80. The molecule has 0 unspecified atom stereocenters. The van der Waals surface area contributed by atoms with E-state index in [1.807, 2.05) is 36.4 Å². The quantitative estimate of drug-likeness (QED) is 0.799. The molecule has 0 bridgehead atoms. The minimum Gasteiger partial charge on any atom is -0.380 e. The number of hydrogen-bond donors (Lipinski definition) is 2. The molecule has 4 heteroatoms. The second-order valence-corrected chi connectivity index (χ2v) is 4.54. The van der Waals surface area contributed by atoms with Gasteiger partial charge in [0, 0.05) is 0 Å². The van der Waals surface area contributed by atoms with Crippen LogP contribution < -0.4 is 10.4 Å². The van der Waals surface area contributed by atoms with E-state index in [9.17, 15) is 9.90 Å². The lowest BCUT2D eigenvalue weighted by atomic mass is 10.1. The lowest BCUT2D eigenvalue weighted by molar-refractivity contribution is -0.131. The van der Waals surface area contributed by atoms with E-state index in [4.69, 9.17) is 0 Å². The van der Waals surface area contributed by atoms with Crippen LogP contribution in [0.2, 0.25) is 0 Å². The fraction of sp³-hybridized carbons (Fsp3) is 0.308. The standard InChI is InChI=1S/C13H14N2O2/c16-12(13(17)7-8-13)14-15-9-3-5-10-4-1-2-6-11(10)15/h1-6,17H,7-9H2,(H,14,16). The molecule has 1 aromatic rings. The molecular weight excluding hydrogens is 216 g/mol. The number of benzene rings is 1. The molecule has 0 aromatic heterocycles. The van der Waals surface area contributed by atoms with E-state index in [0.29, 0.717) is 19.4 Å². The first-order valence-corrected chi connectivity index (χ1v) is 5.76. The Bertz CT molecular complexity index is 492. The fourth-order valence-corrected chi connectivity index (χ4v) is 1.94. The van der Waals surface area contributed by atoms with Crippen LogP contribution in [0.1, 0.15) is 18.4 Å². The molecule has 1 amide bonds. The number of rotatable bonds is 2. The highest BCUT2D eigenvalue weighted by molar-refractivity contribution is 5.89. The minimum absolute atomic E-state index is 0.303. The van der Waals surface area contributed by atoms with Crippen LogP contribution in [0.25, 0.3) is 6.08 Å². The summed E-state index contributed by atoms with van der Waals surface area (Å²) >= 11 is 0. The number of carbonyl (C=O) groups is 1. The van der Waals surface area contributed by atoms with Gasteiger partial charge < -0.3 is 5.11 Å². The summed E-state index contributed by atoms with van der Waals surface area (Å²) < 4.78 is 0. The van der Waals surface area contributed by atoms with E-state index >= 15 is 0 Å². The van der Waals surface area contributed by atoms with Crippen LogP contribution in [0.15, 0.2) is 30.3 Å². The molecule has 1 fully saturated rings. The van der Waals surface area contributed by atoms with E-state index in [1.54, 1.807) is 5.01 Å². The number of hydrogen-bond acceptors (Lipinski definition) is 3. The Morgan fingerprint density at radius 3 is 2.88 bits per heavy atom. The van der Waals surface area contributed by atoms with Gasteiger partial charge in [0.25, 0.3) is 5.91 Å². The van der Waals surface area contributed by atoms with E-state index in [-0.39, 0.29) is 5.91 Å². The Morgan fingerprint density at radius 2 is 2.12 bits per heavy atom. The highest BCUT2D eigenvalue weighted by Gasteiger charge is 2.48. The van der Waals surface area contributed by atoms with Gasteiger partial charge in [-0.25, -0.2) is 0 Å². The predicted molar refractivity (Wildman–Crippen MR) is 65.1 cm³/mol. The number of fused-ring (bicyclic) bond motifs is 1. The van der Waals surface area contributed by atoms with Crippen molar-refractivity contribution in [1.29, 1.82) is 0 Å². The third-order valence-corrected chi connectivity index (χ3v) is 3.20. The molecule has 2 aliphatic rings. The van der Waals surface area contributed by atoms with Gasteiger partial charge in [-0.2, -0.15) is 0 Å². The number of aliphatic hydroxyl groups is 1. The highest BCUT2D eigenvalue weighted by atomic mass is 16.3. The molecule has 1 aliphatic heterocycles. The molecule has 1 aliphatic carbocycles. The summed E-state index contributed by atoms with van der Waals surface area (Å²) in [6.07, 6.45) is 5.14. The molecule has 17 heavy (non-hydrogen) atoms. The van der Waals surface area contributed by atoms with Crippen LogP contribution in [0.5, 0.6) is 0 Å². The topological polar surface area (TPSA) is 52.6 Å². The number of nitrogens with one attached hydrogen (secondary N) is 1. The van der Waals surface area contributed by atoms with Crippen LogP contribution in [0.4, 0.5) is 5.69 Å². The summed E-state index contributed by atoms with van der Waals surface area (Å²) in [5, 5.41) is 11.5. The van der Waals surface area contributed by atoms with Crippen LogP contribution in [-0.2, 0) is 4.79 Å². The molecule has 0 spiro atoms.